The fourth-order valence-corrected chi connectivity index (χ4v) is 4.89. The van der Waals surface area contributed by atoms with E-state index in [1.807, 2.05) is 24.3 Å². The van der Waals surface area contributed by atoms with Gasteiger partial charge in [0.1, 0.15) is 11.5 Å². The van der Waals surface area contributed by atoms with Crippen LogP contribution in [0.25, 0.3) is 0 Å². The Kier molecular flexibility index (Phi) is 6.62. The van der Waals surface area contributed by atoms with Gasteiger partial charge in [-0.2, -0.15) is 0 Å². The summed E-state index contributed by atoms with van der Waals surface area (Å²) < 4.78 is 7.83. The van der Waals surface area contributed by atoms with Gasteiger partial charge in [0.2, 0.25) is 0 Å². The van der Waals surface area contributed by atoms with E-state index in [1.54, 1.807) is 0 Å². The van der Waals surface area contributed by atoms with E-state index < -0.39 is 12.6 Å². The minimum atomic E-state index is -1.04. The number of hydrogen-bond donors (Lipinski definition) is 2. The number of ether oxygens (including phenoxy) is 1. The van der Waals surface area contributed by atoms with Crippen LogP contribution >= 0.6 is 63.7 Å². The Morgan fingerprint density at radius 2 is 1.36 bits per heavy atom. The molecule has 0 radical (unpaired) electrons. The number of phenolic OH excluding ortho intramolecular Hbond substituents is 1. The summed E-state index contributed by atoms with van der Waals surface area (Å²) in [5.41, 5.74) is 1.59. The van der Waals surface area contributed by atoms with Gasteiger partial charge in [0.05, 0.1) is 17.9 Å². The number of carboxylic acid groups (broad SMARTS) is 1. The molecule has 0 aliphatic heterocycles. The fourth-order valence-electron chi connectivity index (χ4n) is 2.29. The van der Waals surface area contributed by atoms with E-state index in [4.69, 9.17) is 9.84 Å². The highest BCUT2D eigenvalue weighted by atomic mass is 79.9. The van der Waals surface area contributed by atoms with Crippen LogP contribution in [0.2, 0.25) is 0 Å². The van der Waals surface area contributed by atoms with Crippen LogP contribution in [0.4, 0.5) is 0 Å². The van der Waals surface area contributed by atoms with Gasteiger partial charge in [0.25, 0.3) is 0 Å². The molecule has 0 aliphatic carbocycles. The molecular formula is C17H14Br4O4. The van der Waals surface area contributed by atoms with E-state index in [-0.39, 0.29) is 11.2 Å². The lowest BCUT2D eigenvalue weighted by molar-refractivity contribution is -0.139. The third-order valence-corrected chi connectivity index (χ3v) is 6.19. The molecule has 2 N–H and O–H groups in total. The zero-order chi connectivity index (χ0) is 18.9. The number of carboxylic acids is 1. The molecule has 8 heteroatoms. The Balaban J connectivity index is 2.48. The number of carbonyl (C=O) groups is 1. The second-order valence-electron chi connectivity index (χ2n) is 5.86. The molecule has 0 spiro atoms. The molecule has 0 fully saturated rings. The van der Waals surface area contributed by atoms with Crippen LogP contribution in [0.15, 0.2) is 42.2 Å². The van der Waals surface area contributed by atoms with Gasteiger partial charge in [0.15, 0.2) is 6.61 Å². The van der Waals surface area contributed by atoms with Crippen LogP contribution < -0.4 is 4.74 Å². The molecule has 0 bridgehead atoms. The average molecular weight is 602 g/mol. The summed E-state index contributed by atoms with van der Waals surface area (Å²) in [5.74, 6) is -0.448. The third kappa shape index (κ3) is 4.59. The normalized spacial score (nSPS) is 11.4. The van der Waals surface area contributed by atoms with Crippen molar-refractivity contribution in [3.05, 3.63) is 53.3 Å². The first-order valence-electron chi connectivity index (χ1n) is 7.06. The van der Waals surface area contributed by atoms with Crippen molar-refractivity contribution in [1.29, 1.82) is 0 Å². The number of aliphatic carboxylic acids is 1. The zero-order valence-corrected chi connectivity index (χ0v) is 19.6. The monoisotopic (exact) mass is 598 g/mol. The Hall–Kier alpha value is -0.570. The lowest BCUT2D eigenvalue weighted by Crippen LogP contribution is -2.19. The maximum atomic E-state index is 10.7. The predicted octanol–water partition coefficient (Wildman–Crippen LogP) is 6.23. The number of phenols is 1. The molecule has 0 heterocycles. The van der Waals surface area contributed by atoms with Crippen molar-refractivity contribution in [3.8, 4) is 11.5 Å². The SMILES string of the molecule is CC(C)(c1cc(Br)c(O)c(Br)c1)c1cc(Br)c(OCC(=O)O)c(Br)c1. The Bertz CT molecular complexity index is 787. The maximum absolute atomic E-state index is 10.7. The largest absolute Gasteiger partial charge is 0.506 e. The van der Waals surface area contributed by atoms with Crippen molar-refractivity contribution in [1.82, 2.24) is 0 Å². The lowest BCUT2D eigenvalue weighted by Gasteiger charge is -2.28. The summed E-state index contributed by atoms with van der Waals surface area (Å²) in [6.45, 7) is 3.70. The first kappa shape index (κ1) is 20.7. The molecule has 0 amide bonds. The number of aromatic hydroxyl groups is 1. The topological polar surface area (TPSA) is 66.8 Å². The Morgan fingerprint density at radius 3 is 1.76 bits per heavy atom. The number of halogens is 4. The minimum Gasteiger partial charge on any atom is -0.506 e. The van der Waals surface area contributed by atoms with E-state index in [1.165, 1.54) is 0 Å². The van der Waals surface area contributed by atoms with E-state index in [0.717, 1.165) is 11.1 Å². The van der Waals surface area contributed by atoms with E-state index in [9.17, 15) is 9.90 Å². The van der Waals surface area contributed by atoms with Gasteiger partial charge in [-0.05, 0) is 99.1 Å². The lowest BCUT2D eigenvalue weighted by atomic mass is 9.78. The summed E-state index contributed by atoms with van der Waals surface area (Å²) in [5, 5.41) is 18.7. The Labute approximate surface area is 179 Å². The van der Waals surface area contributed by atoms with E-state index in [0.29, 0.717) is 23.6 Å². The van der Waals surface area contributed by atoms with Gasteiger partial charge in [-0.25, -0.2) is 4.79 Å². The summed E-state index contributed by atoms with van der Waals surface area (Å²) >= 11 is 13.6. The zero-order valence-electron chi connectivity index (χ0n) is 13.2. The van der Waals surface area contributed by atoms with E-state index in [2.05, 4.69) is 77.6 Å². The van der Waals surface area contributed by atoms with Crippen LogP contribution in [0, 0.1) is 0 Å². The van der Waals surface area contributed by atoms with Gasteiger partial charge in [-0.3, -0.25) is 0 Å². The second-order valence-corrected chi connectivity index (χ2v) is 9.28. The van der Waals surface area contributed by atoms with Crippen LogP contribution in [-0.2, 0) is 10.2 Å². The van der Waals surface area contributed by atoms with Gasteiger partial charge < -0.3 is 14.9 Å². The van der Waals surface area contributed by atoms with Gasteiger partial charge in [-0.15, -0.1) is 0 Å². The summed E-state index contributed by atoms with van der Waals surface area (Å²) in [6.07, 6.45) is 0. The second kappa shape index (κ2) is 7.98. The molecule has 2 rings (SSSR count). The fraction of sp³-hybridized carbons (Fsp3) is 0.235. The molecule has 2 aromatic rings. The van der Waals surface area contributed by atoms with Gasteiger partial charge >= 0.3 is 5.97 Å². The maximum Gasteiger partial charge on any atom is 0.341 e. The van der Waals surface area contributed by atoms with Crippen LogP contribution in [0.3, 0.4) is 0 Å². The highest BCUT2D eigenvalue weighted by Crippen LogP contribution is 2.43. The van der Waals surface area contributed by atoms with Crippen LogP contribution in [-0.4, -0.2) is 22.8 Å². The minimum absolute atomic E-state index is 0.152. The van der Waals surface area contributed by atoms with Crippen molar-refractivity contribution < 1.29 is 19.7 Å². The molecule has 25 heavy (non-hydrogen) atoms. The van der Waals surface area contributed by atoms with Crippen LogP contribution in [0.5, 0.6) is 11.5 Å². The van der Waals surface area contributed by atoms with Gasteiger partial charge in [0, 0.05) is 5.41 Å². The molecule has 134 valence electrons. The molecule has 0 unspecified atom stereocenters. The van der Waals surface area contributed by atoms with E-state index >= 15 is 0 Å². The highest BCUT2D eigenvalue weighted by Gasteiger charge is 2.27. The number of hydrogen-bond acceptors (Lipinski definition) is 3. The highest BCUT2D eigenvalue weighted by molar-refractivity contribution is 9.11. The standard InChI is InChI=1S/C17H14Br4O4/c1-17(2,8-3-10(18)15(24)11(19)4-8)9-5-12(20)16(13(21)6-9)25-7-14(22)23/h3-6,24H,7H2,1-2H3,(H,22,23). The summed E-state index contributed by atoms with van der Waals surface area (Å²) in [4.78, 5) is 10.7. The summed E-state index contributed by atoms with van der Waals surface area (Å²) in [6, 6.07) is 7.54. The van der Waals surface area contributed by atoms with Crippen molar-refractivity contribution in [2.24, 2.45) is 0 Å². The predicted molar refractivity (Wildman–Crippen MR) is 111 cm³/mol. The van der Waals surface area contributed by atoms with Crippen molar-refractivity contribution in [2.75, 3.05) is 6.61 Å². The van der Waals surface area contributed by atoms with Crippen molar-refractivity contribution in [3.63, 3.8) is 0 Å². The van der Waals surface area contributed by atoms with Crippen molar-refractivity contribution >= 4 is 69.7 Å². The molecule has 0 aromatic heterocycles. The number of rotatable bonds is 5. The average Bonchev–Trinajstić information content (AvgIpc) is 2.50. The summed E-state index contributed by atoms with van der Waals surface area (Å²) in [7, 11) is 0. The molecule has 0 aliphatic rings. The smallest absolute Gasteiger partial charge is 0.341 e. The molecule has 0 atom stereocenters. The quantitative estimate of drug-likeness (QED) is 0.426. The molecule has 0 saturated carbocycles. The molecule has 0 saturated heterocycles. The van der Waals surface area contributed by atoms with Gasteiger partial charge in [-0.1, -0.05) is 13.8 Å². The Morgan fingerprint density at radius 1 is 0.960 bits per heavy atom. The molecule has 2 aromatic carbocycles. The molecule has 4 nitrogen and oxygen atoms in total. The van der Waals surface area contributed by atoms with Crippen molar-refractivity contribution in [2.45, 2.75) is 19.3 Å². The number of benzene rings is 2. The first-order valence-corrected chi connectivity index (χ1v) is 10.2. The third-order valence-electron chi connectivity index (χ3n) is 3.80. The molecular weight excluding hydrogens is 588 g/mol. The van der Waals surface area contributed by atoms with Crippen LogP contribution in [0.1, 0.15) is 25.0 Å². The first-order chi connectivity index (χ1) is 11.5.